The van der Waals surface area contributed by atoms with E-state index in [1.807, 2.05) is 30.3 Å². The molecule has 0 heterocycles. The Morgan fingerprint density at radius 2 is 1.59 bits per heavy atom. The normalized spacial score (nSPS) is 11.8. The summed E-state index contributed by atoms with van der Waals surface area (Å²) < 4.78 is 52.8. The number of anilines is 1. The molecule has 0 fully saturated rings. The van der Waals surface area contributed by atoms with Gasteiger partial charge in [0.15, 0.2) is 11.5 Å². The number of methoxy groups -OCH3 is 2. The molecule has 0 aromatic heterocycles. The Labute approximate surface area is 228 Å². The average Bonchev–Trinajstić information content (AvgIpc) is 2.96. The Bertz CT molecular complexity index is 1380. The van der Waals surface area contributed by atoms with E-state index in [2.05, 4.69) is 5.32 Å². The van der Waals surface area contributed by atoms with Gasteiger partial charge in [0.05, 0.1) is 24.8 Å². The van der Waals surface area contributed by atoms with Gasteiger partial charge in [0.25, 0.3) is 10.0 Å². The molecule has 2 amide bonds. The number of sulfonamides is 1. The van der Waals surface area contributed by atoms with Gasteiger partial charge in [0, 0.05) is 19.7 Å². The summed E-state index contributed by atoms with van der Waals surface area (Å²) in [6, 6.07) is 17.4. The number of nitrogens with one attached hydrogen (secondary N) is 1. The predicted octanol–water partition coefficient (Wildman–Crippen LogP) is 3.24. The molecule has 0 saturated heterocycles. The third-order valence-corrected chi connectivity index (χ3v) is 8.00. The third-order valence-electron chi connectivity index (χ3n) is 6.23. The lowest BCUT2D eigenvalue weighted by Gasteiger charge is -2.31. The van der Waals surface area contributed by atoms with Gasteiger partial charge in [-0.15, -0.1) is 0 Å². The summed E-state index contributed by atoms with van der Waals surface area (Å²) in [6.45, 7) is 1.12. The van der Waals surface area contributed by atoms with E-state index in [1.54, 1.807) is 6.92 Å². The van der Waals surface area contributed by atoms with Crippen molar-refractivity contribution >= 4 is 27.5 Å². The summed E-state index contributed by atoms with van der Waals surface area (Å²) in [7, 11) is -0.0821. The molecule has 1 atom stereocenters. The van der Waals surface area contributed by atoms with Gasteiger partial charge in [-0.25, -0.2) is 12.8 Å². The fraction of sp³-hybridized carbons (Fsp3) is 0.286. The zero-order chi connectivity index (χ0) is 28.6. The molecule has 0 unspecified atom stereocenters. The molecule has 0 radical (unpaired) electrons. The highest BCUT2D eigenvalue weighted by Crippen LogP contribution is 2.32. The highest BCUT2D eigenvalue weighted by Gasteiger charge is 2.32. The minimum Gasteiger partial charge on any atom is -0.493 e. The first-order valence-electron chi connectivity index (χ1n) is 12.2. The summed E-state index contributed by atoms with van der Waals surface area (Å²) in [6.07, 6.45) is 0.451. The van der Waals surface area contributed by atoms with Crippen molar-refractivity contribution in [3.8, 4) is 11.5 Å². The smallest absolute Gasteiger partial charge is 0.264 e. The van der Waals surface area contributed by atoms with Gasteiger partial charge >= 0.3 is 0 Å². The Balaban J connectivity index is 2.01. The summed E-state index contributed by atoms with van der Waals surface area (Å²) in [5.41, 5.74) is 1.03. The zero-order valence-electron chi connectivity index (χ0n) is 22.3. The number of nitrogens with zero attached hydrogens (tertiary/aromatic N) is 2. The van der Waals surface area contributed by atoms with E-state index < -0.39 is 40.2 Å². The number of likely N-dealkylation sites (N-methyl/N-ethyl adjacent to an activating group) is 1. The molecule has 3 aromatic rings. The lowest BCUT2D eigenvalue weighted by molar-refractivity contribution is -0.138. The van der Waals surface area contributed by atoms with Crippen LogP contribution >= 0.6 is 0 Å². The first kappa shape index (κ1) is 29.4. The molecule has 208 valence electrons. The lowest BCUT2D eigenvalue weighted by atomic mass is 10.1. The fourth-order valence-corrected chi connectivity index (χ4v) is 5.45. The number of amides is 2. The average molecular weight is 558 g/mol. The summed E-state index contributed by atoms with van der Waals surface area (Å²) in [5, 5.41) is 2.54. The molecule has 0 aliphatic heterocycles. The quantitative estimate of drug-likeness (QED) is 0.367. The van der Waals surface area contributed by atoms with Crippen LogP contribution in [0, 0.1) is 5.82 Å². The summed E-state index contributed by atoms with van der Waals surface area (Å²) >= 11 is 0. The van der Waals surface area contributed by atoms with Crippen molar-refractivity contribution in [1.82, 2.24) is 10.2 Å². The van der Waals surface area contributed by atoms with E-state index >= 15 is 0 Å². The van der Waals surface area contributed by atoms with Crippen LogP contribution in [0.1, 0.15) is 12.5 Å². The Kier molecular flexibility index (Phi) is 9.89. The number of rotatable bonds is 12. The molecule has 0 bridgehead atoms. The number of hydrogen-bond donors (Lipinski definition) is 1. The maximum atomic E-state index is 13.9. The molecular formula is C28H32FN3O6S. The van der Waals surface area contributed by atoms with Crippen LogP contribution in [-0.4, -0.2) is 65.5 Å². The number of benzene rings is 3. The van der Waals surface area contributed by atoms with Crippen molar-refractivity contribution in [2.45, 2.75) is 24.3 Å². The molecule has 3 rings (SSSR count). The Morgan fingerprint density at radius 1 is 0.949 bits per heavy atom. The van der Waals surface area contributed by atoms with Crippen LogP contribution in [0.3, 0.4) is 0 Å². The van der Waals surface area contributed by atoms with Gasteiger partial charge in [-0.05, 0) is 55.3 Å². The van der Waals surface area contributed by atoms with E-state index in [-0.39, 0.29) is 22.9 Å². The van der Waals surface area contributed by atoms with Gasteiger partial charge < -0.3 is 19.7 Å². The first-order chi connectivity index (χ1) is 18.6. The zero-order valence-corrected chi connectivity index (χ0v) is 23.1. The standard InChI is InChI=1S/C28H32FN3O6S/c1-20(28(34)30-2)31(17-16-21-8-6-5-7-9-21)27(33)19-32(23-12-10-22(29)11-13-23)39(35,36)24-14-15-25(37-3)26(18-24)38-4/h5-15,18,20H,16-17,19H2,1-4H3,(H,30,34)/t20-/m0/s1. The molecule has 1 N–H and O–H groups in total. The minimum absolute atomic E-state index is 0.0788. The van der Waals surface area contributed by atoms with Gasteiger partial charge in [-0.1, -0.05) is 30.3 Å². The second-order valence-corrected chi connectivity index (χ2v) is 10.5. The number of ether oxygens (including phenoxy) is 2. The molecule has 11 heteroatoms. The predicted molar refractivity (Wildman–Crippen MR) is 146 cm³/mol. The lowest BCUT2D eigenvalue weighted by Crippen LogP contribution is -2.51. The molecule has 0 aliphatic rings. The fourth-order valence-electron chi connectivity index (χ4n) is 4.02. The van der Waals surface area contributed by atoms with Crippen LogP contribution in [0.15, 0.2) is 77.7 Å². The highest BCUT2D eigenvalue weighted by molar-refractivity contribution is 7.92. The molecule has 3 aromatic carbocycles. The van der Waals surface area contributed by atoms with Gasteiger partial charge in [-0.3, -0.25) is 13.9 Å². The topological polar surface area (TPSA) is 105 Å². The monoisotopic (exact) mass is 557 g/mol. The van der Waals surface area contributed by atoms with Crippen molar-refractivity contribution in [1.29, 1.82) is 0 Å². The number of hydrogen-bond acceptors (Lipinski definition) is 6. The number of halogens is 1. The molecule has 0 spiro atoms. The van der Waals surface area contributed by atoms with Crippen LogP contribution < -0.4 is 19.1 Å². The maximum absolute atomic E-state index is 13.9. The van der Waals surface area contributed by atoms with Crippen molar-refractivity contribution < 1.29 is 31.9 Å². The summed E-state index contributed by atoms with van der Waals surface area (Å²) in [4.78, 5) is 27.4. The second-order valence-electron chi connectivity index (χ2n) is 8.62. The van der Waals surface area contributed by atoms with Crippen LogP contribution in [0.2, 0.25) is 0 Å². The third kappa shape index (κ3) is 7.05. The largest absolute Gasteiger partial charge is 0.493 e. The molecule has 9 nitrogen and oxygen atoms in total. The Morgan fingerprint density at radius 3 is 2.18 bits per heavy atom. The van der Waals surface area contributed by atoms with Crippen molar-refractivity contribution in [2.75, 3.05) is 38.7 Å². The van der Waals surface area contributed by atoms with E-state index in [9.17, 15) is 22.4 Å². The van der Waals surface area contributed by atoms with Crippen molar-refractivity contribution in [3.05, 3.63) is 84.2 Å². The van der Waals surface area contributed by atoms with E-state index in [1.165, 1.54) is 56.5 Å². The minimum atomic E-state index is -4.34. The Hall–Kier alpha value is -4.12. The van der Waals surface area contributed by atoms with Crippen molar-refractivity contribution in [3.63, 3.8) is 0 Å². The van der Waals surface area contributed by atoms with Gasteiger partial charge in [0.1, 0.15) is 18.4 Å². The van der Waals surface area contributed by atoms with E-state index in [4.69, 9.17) is 9.47 Å². The van der Waals surface area contributed by atoms with E-state index in [0.717, 1.165) is 22.0 Å². The second kappa shape index (κ2) is 13.1. The van der Waals surface area contributed by atoms with Gasteiger partial charge in [0.2, 0.25) is 11.8 Å². The number of carbonyl (C=O) groups excluding carboxylic acids is 2. The van der Waals surface area contributed by atoms with Gasteiger partial charge in [-0.2, -0.15) is 0 Å². The maximum Gasteiger partial charge on any atom is 0.264 e. The summed E-state index contributed by atoms with van der Waals surface area (Å²) in [5.74, 6) is -1.05. The SMILES string of the molecule is CNC(=O)[C@H](C)N(CCc1ccccc1)C(=O)CN(c1ccc(F)cc1)S(=O)(=O)c1ccc(OC)c(OC)c1. The molecular weight excluding hydrogens is 525 g/mol. The molecule has 0 aliphatic carbocycles. The van der Waals surface area contributed by atoms with Crippen LogP contribution in [0.4, 0.5) is 10.1 Å². The molecule has 39 heavy (non-hydrogen) atoms. The number of carbonyl (C=O) groups is 2. The first-order valence-corrected chi connectivity index (χ1v) is 13.6. The molecule has 0 saturated carbocycles. The van der Waals surface area contributed by atoms with Crippen LogP contribution in [0.25, 0.3) is 0 Å². The van der Waals surface area contributed by atoms with Crippen LogP contribution in [-0.2, 0) is 26.0 Å². The van der Waals surface area contributed by atoms with E-state index in [0.29, 0.717) is 12.2 Å². The highest BCUT2D eigenvalue weighted by atomic mass is 32.2. The van der Waals surface area contributed by atoms with Crippen LogP contribution in [0.5, 0.6) is 11.5 Å². The van der Waals surface area contributed by atoms with Crippen molar-refractivity contribution in [2.24, 2.45) is 0 Å².